The fraction of sp³-hybridized carbons (Fsp3) is 0.231. The molecular formula is C26H27N3O3. The number of anilines is 3. The van der Waals surface area contributed by atoms with Gasteiger partial charge in [-0.05, 0) is 61.9 Å². The van der Waals surface area contributed by atoms with Crippen molar-refractivity contribution in [1.29, 1.82) is 0 Å². The number of carboxylic acids is 1. The van der Waals surface area contributed by atoms with Crippen molar-refractivity contribution in [2.75, 3.05) is 34.8 Å². The summed E-state index contributed by atoms with van der Waals surface area (Å²) in [5.74, 6) is -1.29. The highest BCUT2D eigenvalue weighted by atomic mass is 16.4. The Morgan fingerprint density at radius 2 is 1.72 bits per heavy atom. The Kier molecular flexibility index (Phi) is 6.12. The van der Waals surface area contributed by atoms with Gasteiger partial charge in [-0.2, -0.15) is 0 Å². The van der Waals surface area contributed by atoms with Crippen molar-refractivity contribution >= 4 is 28.9 Å². The lowest BCUT2D eigenvalue weighted by Gasteiger charge is -2.43. The van der Waals surface area contributed by atoms with Crippen LogP contribution in [0.3, 0.4) is 0 Å². The number of rotatable bonds is 5. The number of nitrogens with one attached hydrogen (secondary N) is 1. The van der Waals surface area contributed by atoms with Crippen LogP contribution in [0.25, 0.3) is 0 Å². The van der Waals surface area contributed by atoms with Gasteiger partial charge in [0.05, 0.1) is 16.9 Å². The third-order valence-corrected chi connectivity index (χ3v) is 5.83. The molecular weight excluding hydrogens is 402 g/mol. The molecule has 0 saturated carbocycles. The summed E-state index contributed by atoms with van der Waals surface area (Å²) in [6, 6.07) is 22.6. The predicted octanol–water partition coefficient (Wildman–Crippen LogP) is 4.66. The summed E-state index contributed by atoms with van der Waals surface area (Å²) in [7, 11) is 0. The van der Waals surface area contributed by atoms with E-state index in [0.29, 0.717) is 11.3 Å². The number of amides is 1. The minimum absolute atomic E-state index is 0.142. The van der Waals surface area contributed by atoms with E-state index in [1.54, 1.807) is 36.4 Å². The summed E-state index contributed by atoms with van der Waals surface area (Å²) in [4.78, 5) is 28.9. The molecule has 1 fully saturated rings. The van der Waals surface area contributed by atoms with Gasteiger partial charge in [0, 0.05) is 36.9 Å². The van der Waals surface area contributed by atoms with Crippen molar-refractivity contribution in [2.24, 2.45) is 0 Å². The molecule has 1 aliphatic heterocycles. The van der Waals surface area contributed by atoms with Gasteiger partial charge in [0.25, 0.3) is 5.91 Å². The monoisotopic (exact) mass is 429 g/mol. The molecule has 1 amide bonds. The second kappa shape index (κ2) is 9.14. The molecule has 0 spiro atoms. The zero-order valence-electron chi connectivity index (χ0n) is 18.3. The zero-order chi connectivity index (χ0) is 22.7. The van der Waals surface area contributed by atoms with E-state index in [9.17, 15) is 14.7 Å². The van der Waals surface area contributed by atoms with E-state index < -0.39 is 5.97 Å². The second-order valence-corrected chi connectivity index (χ2v) is 8.18. The van der Waals surface area contributed by atoms with Crippen molar-refractivity contribution in [1.82, 2.24) is 0 Å². The summed E-state index contributed by atoms with van der Waals surface area (Å²) < 4.78 is 0. The fourth-order valence-electron chi connectivity index (χ4n) is 4.20. The van der Waals surface area contributed by atoms with Crippen molar-refractivity contribution in [3.8, 4) is 0 Å². The molecule has 3 aromatic rings. The number of benzene rings is 3. The van der Waals surface area contributed by atoms with E-state index in [1.165, 1.54) is 17.3 Å². The standard InChI is InChI=1S/C26H27N3O3/c1-18-7-6-10-22(15-18)29-14-13-28(17-19(29)2)24-12-11-21(26(31)32)16-23(24)27-25(30)20-8-4-3-5-9-20/h3-12,15-16,19H,13-14,17H2,1-2H3,(H,27,30)(H,31,32). The van der Waals surface area contributed by atoms with E-state index in [4.69, 9.17) is 0 Å². The SMILES string of the molecule is Cc1cccc(N2CCN(c3ccc(C(=O)O)cc3NC(=O)c3ccccc3)CC2C)c1. The number of hydrogen-bond donors (Lipinski definition) is 2. The highest BCUT2D eigenvalue weighted by Gasteiger charge is 2.26. The molecule has 6 nitrogen and oxygen atoms in total. The van der Waals surface area contributed by atoms with Gasteiger partial charge in [0.15, 0.2) is 0 Å². The zero-order valence-corrected chi connectivity index (χ0v) is 18.3. The van der Waals surface area contributed by atoms with Crippen LogP contribution < -0.4 is 15.1 Å². The number of hydrogen-bond acceptors (Lipinski definition) is 4. The summed E-state index contributed by atoms with van der Waals surface area (Å²) in [5, 5.41) is 12.4. The van der Waals surface area contributed by atoms with Gasteiger partial charge in [-0.3, -0.25) is 4.79 Å². The molecule has 0 aliphatic carbocycles. The van der Waals surface area contributed by atoms with Gasteiger partial charge in [-0.1, -0.05) is 30.3 Å². The van der Waals surface area contributed by atoms with Gasteiger partial charge in [0.1, 0.15) is 0 Å². The van der Waals surface area contributed by atoms with Gasteiger partial charge in [0.2, 0.25) is 0 Å². The van der Waals surface area contributed by atoms with Gasteiger partial charge in [-0.25, -0.2) is 4.79 Å². The lowest BCUT2D eigenvalue weighted by molar-refractivity contribution is 0.0696. The van der Waals surface area contributed by atoms with E-state index in [0.717, 1.165) is 25.3 Å². The summed E-state index contributed by atoms with van der Waals surface area (Å²) in [6.45, 7) is 6.63. The molecule has 1 unspecified atom stereocenters. The van der Waals surface area contributed by atoms with Crippen LogP contribution in [0.2, 0.25) is 0 Å². The lowest BCUT2D eigenvalue weighted by Crippen LogP contribution is -2.52. The molecule has 6 heteroatoms. The Bertz CT molecular complexity index is 1130. The number of carbonyl (C=O) groups is 2. The number of carbonyl (C=O) groups excluding carboxylic acids is 1. The van der Waals surface area contributed by atoms with Crippen molar-refractivity contribution in [2.45, 2.75) is 19.9 Å². The first-order valence-corrected chi connectivity index (χ1v) is 10.7. The Morgan fingerprint density at radius 3 is 2.41 bits per heavy atom. The molecule has 0 radical (unpaired) electrons. The van der Waals surface area contributed by atoms with Crippen LogP contribution in [0.15, 0.2) is 72.8 Å². The van der Waals surface area contributed by atoms with Crippen LogP contribution in [0.5, 0.6) is 0 Å². The number of aryl methyl sites for hydroxylation is 1. The average molecular weight is 430 g/mol. The van der Waals surface area contributed by atoms with Crippen LogP contribution in [-0.2, 0) is 0 Å². The average Bonchev–Trinajstić information content (AvgIpc) is 2.79. The van der Waals surface area contributed by atoms with Crippen molar-refractivity contribution < 1.29 is 14.7 Å². The Hall–Kier alpha value is -3.80. The summed E-state index contributed by atoms with van der Waals surface area (Å²) >= 11 is 0. The maximum absolute atomic E-state index is 12.8. The number of nitrogens with zero attached hydrogens (tertiary/aromatic N) is 2. The molecule has 2 N–H and O–H groups in total. The molecule has 3 aromatic carbocycles. The Balaban J connectivity index is 1.59. The molecule has 1 atom stereocenters. The van der Waals surface area contributed by atoms with E-state index in [1.807, 2.05) is 6.07 Å². The third kappa shape index (κ3) is 4.59. The molecule has 1 aliphatic rings. The molecule has 0 bridgehead atoms. The van der Waals surface area contributed by atoms with E-state index >= 15 is 0 Å². The first-order valence-electron chi connectivity index (χ1n) is 10.7. The topological polar surface area (TPSA) is 72.9 Å². The lowest BCUT2D eigenvalue weighted by atomic mass is 10.1. The highest BCUT2D eigenvalue weighted by Crippen LogP contribution is 2.31. The van der Waals surface area contributed by atoms with E-state index in [2.05, 4.69) is 53.2 Å². The maximum Gasteiger partial charge on any atom is 0.335 e. The first-order chi connectivity index (χ1) is 15.4. The number of carboxylic acid groups (broad SMARTS) is 1. The smallest absolute Gasteiger partial charge is 0.335 e. The van der Waals surface area contributed by atoms with Gasteiger partial charge < -0.3 is 20.2 Å². The van der Waals surface area contributed by atoms with Gasteiger partial charge >= 0.3 is 5.97 Å². The molecule has 0 aromatic heterocycles. The molecule has 1 heterocycles. The molecule has 32 heavy (non-hydrogen) atoms. The minimum atomic E-state index is -1.02. The third-order valence-electron chi connectivity index (χ3n) is 5.83. The second-order valence-electron chi connectivity index (χ2n) is 8.18. The van der Waals surface area contributed by atoms with Crippen LogP contribution in [-0.4, -0.2) is 42.7 Å². The Labute approximate surface area is 188 Å². The number of aromatic carboxylic acids is 1. The summed E-state index contributed by atoms with van der Waals surface area (Å²) in [5.41, 5.74) is 4.44. The molecule has 1 saturated heterocycles. The Morgan fingerprint density at radius 1 is 0.938 bits per heavy atom. The first kappa shape index (κ1) is 21.4. The van der Waals surface area contributed by atoms with Gasteiger partial charge in [-0.15, -0.1) is 0 Å². The largest absolute Gasteiger partial charge is 0.478 e. The van der Waals surface area contributed by atoms with E-state index in [-0.39, 0.29) is 17.5 Å². The minimum Gasteiger partial charge on any atom is -0.478 e. The predicted molar refractivity (Wildman–Crippen MR) is 128 cm³/mol. The fourth-order valence-corrected chi connectivity index (χ4v) is 4.20. The van der Waals surface area contributed by atoms with Crippen molar-refractivity contribution in [3.05, 3.63) is 89.5 Å². The quantitative estimate of drug-likeness (QED) is 0.617. The maximum atomic E-state index is 12.8. The van der Waals surface area contributed by atoms with Crippen LogP contribution in [0.4, 0.5) is 17.1 Å². The highest BCUT2D eigenvalue weighted by molar-refractivity contribution is 6.06. The summed E-state index contributed by atoms with van der Waals surface area (Å²) in [6.07, 6.45) is 0. The van der Waals surface area contributed by atoms with Crippen LogP contribution >= 0.6 is 0 Å². The molecule has 164 valence electrons. The molecule has 4 rings (SSSR count). The van der Waals surface area contributed by atoms with Crippen molar-refractivity contribution in [3.63, 3.8) is 0 Å². The normalized spacial score (nSPS) is 16.0. The number of piperazine rings is 1. The van der Waals surface area contributed by atoms with Crippen LogP contribution in [0.1, 0.15) is 33.2 Å². The van der Waals surface area contributed by atoms with Crippen LogP contribution in [0, 0.1) is 6.92 Å².